The summed E-state index contributed by atoms with van der Waals surface area (Å²) in [6.45, 7) is 7.85. The highest BCUT2D eigenvalue weighted by atomic mass is 19.2. The quantitative estimate of drug-likeness (QED) is 0.481. The molecule has 0 amide bonds. The minimum absolute atomic E-state index is 0.0785. The van der Waals surface area contributed by atoms with Gasteiger partial charge in [0.2, 0.25) is 0 Å². The Hall–Kier alpha value is -2.15. The van der Waals surface area contributed by atoms with Crippen LogP contribution >= 0.6 is 0 Å². The first-order valence-corrected chi connectivity index (χ1v) is 6.50. The van der Waals surface area contributed by atoms with Crippen molar-refractivity contribution in [2.24, 2.45) is 0 Å². The van der Waals surface area contributed by atoms with Gasteiger partial charge in [0.05, 0.1) is 11.1 Å². The summed E-state index contributed by atoms with van der Waals surface area (Å²) in [5, 5.41) is 0.459. The molecule has 0 bridgehead atoms. The lowest BCUT2D eigenvalue weighted by Crippen LogP contribution is -2.02. The summed E-state index contributed by atoms with van der Waals surface area (Å²) >= 11 is 0. The van der Waals surface area contributed by atoms with E-state index in [1.807, 2.05) is 27.7 Å². The van der Waals surface area contributed by atoms with E-state index in [0.717, 1.165) is 5.56 Å². The van der Waals surface area contributed by atoms with Crippen molar-refractivity contribution < 1.29 is 8.78 Å². The van der Waals surface area contributed by atoms with Crippen LogP contribution in [0.1, 0.15) is 44.7 Å². The molecule has 0 atom stereocenters. The first-order valence-electron chi connectivity index (χ1n) is 6.50. The van der Waals surface area contributed by atoms with E-state index in [-0.39, 0.29) is 17.0 Å². The van der Waals surface area contributed by atoms with Crippen molar-refractivity contribution in [3.05, 3.63) is 35.0 Å². The molecule has 2 aromatic rings. The van der Waals surface area contributed by atoms with E-state index in [1.54, 1.807) is 6.07 Å². The molecule has 20 heavy (non-hydrogen) atoms. The Balaban J connectivity index is 0.000000956. The maximum Gasteiger partial charge on any atom is 0.250 e. The second-order valence-corrected chi connectivity index (χ2v) is 4.39. The van der Waals surface area contributed by atoms with Crippen LogP contribution < -0.4 is 5.73 Å². The predicted molar refractivity (Wildman–Crippen MR) is 79.4 cm³/mol. The molecule has 0 saturated heterocycles. The summed E-state index contributed by atoms with van der Waals surface area (Å²) in [7, 11) is 0. The summed E-state index contributed by atoms with van der Waals surface area (Å²) in [6, 6.07) is 3.21. The van der Waals surface area contributed by atoms with Gasteiger partial charge in [0.1, 0.15) is 0 Å². The van der Waals surface area contributed by atoms with E-state index in [4.69, 9.17) is 12.2 Å². The molecule has 0 aliphatic rings. The second-order valence-electron chi connectivity index (χ2n) is 4.39. The Morgan fingerprint density at radius 3 is 2.35 bits per heavy atom. The minimum atomic E-state index is -1.20. The third-order valence-corrected chi connectivity index (χ3v) is 2.81. The number of fused-ring (bicyclic) bond motifs is 1. The molecule has 0 aliphatic heterocycles. The van der Waals surface area contributed by atoms with E-state index in [2.05, 4.69) is 10.9 Å². The summed E-state index contributed by atoms with van der Waals surface area (Å²) < 4.78 is 27.0. The van der Waals surface area contributed by atoms with Crippen molar-refractivity contribution in [1.29, 1.82) is 0 Å². The van der Waals surface area contributed by atoms with Crippen molar-refractivity contribution in [3.8, 4) is 12.3 Å². The van der Waals surface area contributed by atoms with Crippen LogP contribution in [0.4, 0.5) is 14.5 Å². The number of nitrogen functional groups attached to an aromatic ring is 1. The second kappa shape index (κ2) is 6.33. The zero-order chi connectivity index (χ0) is 15.4. The number of aromatic nitrogens is 1. The van der Waals surface area contributed by atoms with Crippen LogP contribution in [-0.2, 0) is 0 Å². The zero-order valence-corrected chi connectivity index (χ0v) is 12.1. The van der Waals surface area contributed by atoms with Gasteiger partial charge in [-0.05, 0) is 23.6 Å². The number of rotatable bonds is 1. The molecule has 2 N–H and O–H groups in total. The molecule has 0 spiro atoms. The van der Waals surface area contributed by atoms with Gasteiger partial charge in [-0.25, -0.2) is 9.37 Å². The van der Waals surface area contributed by atoms with E-state index in [9.17, 15) is 8.78 Å². The van der Waals surface area contributed by atoms with Gasteiger partial charge in [0.25, 0.3) is 5.95 Å². The van der Waals surface area contributed by atoms with Gasteiger partial charge in [-0.15, -0.1) is 6.42 Å². The topological polar surface area (TPSA) is 38.9 Å². The maximum atomic E-state index is 13.7. The Labute approximate surface area is 118 Å². The van der Waals surface area contributed by atoms with Gasteiger partial charge < -0.3 is 5.73 Å². The highest BCUT2D eigenvalue weighted by Gasteiger charge is 2.18. The highest BCUT2D eigenvalue weighted by molar-refractivity contribution is 5.91. The van der Waals surface area contributed by atoms with Gasteiger partial charge in [-0.2, -0.15) is 4.39 Å². The van der Waals surface area contributed by atoms with Crippen LogP contribution in [0.3, 0.4) is 0 Å². The molecule has 0 aliphatic carbocycles. The fraction of sp³-hybridized carbons (Fsp3) is 0.312. The molecule has 0 fully saturated rings. The fourth-order valence-electron chi connectivity index (χ4n) is 1.99. The van der Waals surface area contributed by atoms with Crippen molar-refractivity contribution in [3.63, 3.8) is 0 Å². The standard InChI is InChI=1S/C14H12F2N2.C2H6/c1-4-9-12-10(7(2)3)5-8(17)6-11(12)18-14(16)13(9)15;1-2/h1,5-7H,17H2,2-3H3;1-2H3. The molecule has 1 aromatic heterocycles. The first-order chi connectivity index (χ1) is 9.45. The Morgan fingerprint density at radius 2 is 1.85 bits per heavy atom. The average Bonchev–Trinajstić information content (AvgIpc) is 2.42. The van der Waals surface area contributed by atoms with E-state index < -0.39 is 11.8 Å². The number of terminal acetylenes is 1. The predicted octanol–water partition coefficient (Wildman–Crippen LogP) is 4.23. The van der Waals surface area contributed by atoms with Crippen LogP contribution in [0.25, 0.3) is 10.9 Å². The lowest BCUT2D eigenvalue weighted by molar-refractivity contribution is 0.482. The summed E-state index contributed by atoms with van der Waals surface area (Å²) in [6.07, 6.45) is 5.28. The number of hydrogen-bond donors (Lipinski definition) is 1. The summed E-state index contributed by atoms with van der Waals surface area (Å²) in [5.74, 6) is -0.00831. The van der Waals surface area contributed by atoms with Crippen molar-refractivity contribution in [1.82, 2.24) is 4.98 Å². The van der Waals surface area contributed by atoms with E-state index >= 15 is 0 Å². The van der Waals surface area contributed by atoms with Crippen molar-refractivity contribution >= 4 is 16.6 Å². The van der Waals surface area contributed by atoms with Crippen LogP contribution in [0.2, 0.25) is 0 Å². The number of anilines is 1. The molecule has 1 aromatic carbocycles. The molecule has 2 rings (SSSR count). The molecule has 0 unspecified atom stereocenters. The molecule has 106 valence electrons. The Bertz CT molecular complexity index is 670. The van der Waals surface area contributed by atoms with Gasteiger partial charge in [-0.1, -0.05) is 33.6 Å². The van der Waals surface area contributed by atoms with Gasteiger partial charge in [-0.3, -0.25) is 0 Å². The number of hydrogen-bond acceptors (Lipinski definition) is 2. The third-order valence-electron chi connectivity index (χ3n) is 2.81. The fourth-order valence-corrected chi connectivity index (χ4v) is 1.99. The van der Waals surface area contributed by atoms with Crippen LogP contribution in [0.15, 0.2) is 12.1 Å². The van der Waals surface area contributed by atoms with Crippen LogP contribution in [0, 0.1) is 24.1 Å². The maximum absolute atomic E-state index is 13.7. The molecular formula is C16H18F2N2. The summed E-state index contributed by atoms with van der Waals surface area (Å²) in [5.41, 5.74) is 7.14. The average molecular weight is 276 g/mol. The third kappa shape index (κ3) is 2.72. The van der Waals surface area contributed by atoms with E-state index in [1.165, 1.54) is 6.07 Å². The molecule has 4 heteroatoms. The smallest absolute Gasteiger partial charge is 0.250 e. The Kier molecular flexibility index (Phi) is 5.04. The van der Waals surface area contributed by atoms with Crippen LogP contribution in [-0.4, -0.2) is 4.98 Å². The minimum Gasteiger partial charge on any atom is -0.399 e. The Morgan fingerprint density at radius 1 is 1.25 bits per heavy atom. The number of pyridine rings is 1. The number of benzene rings is 1. The number of halogens is 2. The van der Waals surface area contributed by atoms with Gasteiger partial charge >= 0.3 is 0 Å². The summed E-state index contributed by atoms with van der Waals surface area (Å²) in [4.78, 5) is 3.57. The van der Waals surface area contributed by atoms with Gasteiger partial charge in [0, 0.05) is 11.1 Å². The molecule has 2 nitrogen and oxygen atoms in total. The normalized spacial score (nSPS) is 10.1. The lowest BCUT2D eigenvalue weighted by atomic mass is 9.94. The molecule has 1 heterocycles. The molecule has 0 radical (unpaired) electrons. The monoisotopic (exact) mass is 276 g/mol. The van der Waals surface area contributed by atoms with Gasteiger partial charge in [0.15, 0.2) is 5.82 Å². The lowest BCUT2D eigenvalue weighted by Gasteiger charge is -2.13. The largest absolute Gasteiger partial charge is 0.399 e. The van der Waals surface area contributed by atoms with Crippen molar-refractivity contribution in [2.45, 2.75) is 33.6 Å². The SMILES string of the molecule is C#Cc1c(F)c(F)nc2cc(N)cc(C(C)C)c12.CC. The van der Waals surface area contributed by atoms with Crippen LogP contribution in [0.5, 0.6) is 0 Å². The number of nitrogens with two attached hydrogens (primary N) is 1. The first kappa shape index (κ1) is 15.9. The molecule has 0 saturated carbocycles. The highest BCUT2D eigenvalue weighted by Crippen LogP contribution is 2.31. The number of nitrogens with zero attached hydrogens (tertiary/aromatic N) is 1. The zero-order valence-electron chi connectivity index (χ0n) is 12.1. The molecular weight excluding hydrogens is 258 g/mol. The van der Waals surface area contributed by atoms with Crippen molar-refractivity contribution in [2.75, 3.05) is 5.73 Å². The van der Waals surface area contributed by atoms with E-state index in [0.29, 0.717) is 11.1 Å².